The number of carbonyl (C=O) groups is 1. The molecule has 0 radical (unpaired) electrons. The monoisotopic (exact) mass is 368 g/mol. The molecule has 7 heteroatoms. The number of anilines is 1. The van der Waals surface area contributed by atoms with Gasteiger partial charge in [0.05, 0.1) is 16.1 Å². The number of nitrogens with one attached hydrogen (secondary N) is 1. The summed E-state index contributed by atoms with van der Waals surface area (Å²) in [7, 11) is 0. The molecular weight excluding hydrogens is 356 g/mol. The zero-order valence-electron chi connectivity index (χ0n) is 13.0. The van der Waals surface area contributed by atoms with Crippen LogP contribution in [0.2, 0.25) is 5.02 Å². The molecule has 0 aliphatic rings. The molecule has 0 spiro atoms. The molecule has 2 aromatic heterocycles. The van der Waals surface area contributed by atoms with Crippen molar-refractivity contribution in [2.45, 2.75) is 6.54 Å². The largest absolute Gasteiger partial charge is 0.314 e. The van der Waals surface area contributed by atoms with Gasteiger partial charge >= 0.3 is 0 Å². The fraction of sp³-hybridized carbons (Fsp3) is 0.0556. The maximum atomic E-state index is 12.5. The predicted octanol–water partition coefficient (Wildman–Crippen LogP) is 4.45. The molecule has 0 aliphatic carbocycles. The van der Waals surface area contributed by atoms with Crippen LogP contribution in [0, 0.1) is 0 Å². The number of carbonyl (C=O) groups excluding carboxylic acids is 1. The fourth-order valence-corrected chi connectivity index (χ4v) is 3.44. The standard InChI is InChI=1S/C18H13ClN4OS/c19-13-6-2-1-5-12(13)17-21-14-7-3-4-8-15(14)23(17)11-16(24)22-18-20-9-10-25-18/h1-10H,11H2,(H,20,22,24). The first-order valence-electron chi connectivity index (χ1n) is 7.62. The van der Waals surface area contributed by atoms with E-state index in [1.165, 1.54) is 11.3 Å². The van der Waals surface area contributed by atoms with Gasteiger partial charge in [-0.15, -0.1) is 11.3 Å². The molecule has 25 heavy (non-hydrogen) atoms. The maximum absolute atomic E-state index is 12.5. The Bertz CT molecular complexity index is 1040. The quantitative estimate of drug-likeness (QED) is 0.578. The Balaban J connectivity index is 1.77. The van der Waals surface area contributed by atoms with Gasteiger partial charge in [0.25, 0.3) is 0 Å². The SMILES string of the molecule is O=C(Cn1c(-c2ccccc2Cl)nc2ccccc21)Nc1nccs1. The van der Waals surface area contributed by atoms with Crippen LogP contribution in [-0.2, 0) is 11.3 Å². The first kappa shape index (κ1) is 15.8. The van der Waals surface area contributed by atoms with Crippen molar-refractivity contribution in [1.29, 1.82) is 0 Å². The summed E-state index contributed by atoms with van der Waals surface area (Å²) in [5, 5.41) is 5.80. The molecule has 0 atom stereocenters. The number of aromatic nitrogens is 3. The van der Waals surface area contributed by atoms with E-state index in [0.29, 0.717) is 16.0 Å². The molecule has 0 fully saturated rings. The van der Waals surface area contributed by atoms with Crippen molar-refractivity contribution in [3.8, 4) is 11.4 Å². The highest BCUT2D eigenvalue weighted by molar-refractivity contribution is 7.13. The van der Waals surface area contributed by atoms with Crippen molar-refractivity contribution in [1.82, 2.24) is 14.5 Å². The minimum absolute atomic E-state index is 0.126. The third-order valence-electron chi connectivity index (χ3n) is 3.75. The Kier molecular flexibility index (Phi) is 4.21. The zero-order chi connectivity index (χ0) is 17.2. The highest BCUT2D eigenvalue weighted by Crippen LogP contribution is 2.30. The Morgan fingerprint density at radius 1 is 1.16 bits per heavy atom. The Hall–Kier alpha value is -2.70. The predicted molar refractivity (Wildman–Crippen MR) is 101 cm³/mol. The summed E-state index contributed by atoms with van der Waals surface area (Å²) in [5.41, 5.74) is 2.49. The molecule has 2 aromatic carbocycles. The van der Waals surface area contributed by atoms with E-state index in [4.69, 9.17) is 11.6 Å². The molecule has 0 bridgehead atoms. The summed E-state index contributed by atoms with van der Waals surface area (Å²) >= 11 is 7.73. The molecule has 124 valence electrons. The molecule has 1 N–H and O–H groups in total. The molecular formula is C18H13ClN4OS. The number of halogens is 1. The van der Waals surface area contributed by atoms with Gasteiger partial charge in [0.2, 0.25) is 5.91 Å². The van der Waals surface area contributed by atoms with Crippen LogP contribution in [-0.4, -0.2) is 20.4 Å². The van der Waals surface area contributed by atoms with Gasteiger partial charge in [-0.1, -0.05) is 35.9 Å². The van der Waals surface area contributed by atoms with Gasteiger partial charge in [-0.05, 0) is 24.3 Å². The summed E-state index contributed by atoms with van der Waals surface area (Å²) in [6.45, 7) is 0.126. The normalized spacial score (nSPS) is 10.9. The van der Waals surface area contributed by atoms with Crippen molar-refractivity contribution in [3.05, 3.63) is 65.1 Å². The average Bonchev–Trinajstić information content (AvgIpc) is 3.24. The van der Waals surface area contributed by atoms with Gasteiger partial charge < -0.3 is 9.88 Å². The van der Waals surface area contributed by atoms with Crippen molar-refractivity contribution in [3.63, 3.8) is 0 Å². The van der Waals surface area contributed by atoms with Crippen LogP contribution in [0.5, 0.6) is 0 Å². The van der Waals surface area contributed by atoms with E-state index in [1.54, 1.807) is 6.20 Å². The number of hydrogen-bond acceptors (Lipinski definition) is 4. The minimum atomic E-state index is -0.161. The third-order valence-corrected chi connectivity index (χ3v) is 4.77. The number of benzene rings is 2. The Morgan fingerprint density at radius 3 is 2.76 bits per heavy atom. The second kappa shape index (κ2) is 6.66. The summed E-state index contributed by atoms with van der Waals surface area (Å²) < 4.78 is 1.87. The molecule has 0 unspecified atom stereocenters. The summed E-state index contributed by atoms with van der Waals surface area (Å²) in [6.07, 6.45) is 1.65. The van der Waals surface area contributed by atoms with Gasteiger partial charge in [0.15, 0.2) is 5.13 Å². The number of imidazole rings is 1. The van der Waals surface area contributed by atoms with Gasteiger partial charge in [-0.25, -0.2) is 9.97 Å². The third kappa shape index (κ3) is 3.14. The van der Waals surface area contributed by atoms with E-state index in [-0.39, 0.29) is 12.5 Å². The molecule has 4 rings (SSSR count). The smallest absolute Gasteiger partial charge is 0.246 e. The Morgan fingerprint density at radius 2 is 1.96 bits per heavy atom. The van der Waals surface area contributed by atoms with E-state index >= 15 is 0 Å². The van der Waals surface area contributed by atoms with Crippen LogP contribution in [0.15, 0.2) is 60.1 Å². The lowest BCUT2D eigenvalue weighted by atomic mass is 10.2. The summed E-state index contributed by atoms with van der Waals surface area (Å²) in [6, 6.07) is 15.2. The van der Waals surface area contributed by atoms with Crippen molar-refractivity contribution in [2.24, 2.45) is 0 Å². The zero-order valence-corrected chi connectivity index (χ0v) is 14.6. The lowest BCUT2D eigenvalue weighted by Gasteiger charge is -2.10. The summed E-state index contributed by atoms with van der Waals surface area (Å²) in [5.74, 6) is 0.507. The second-order valence-electron chi connectivity index (χ2n) is 5.38. The molecule has 1 amide bonds. The van der Waals surface area contributed by atoms with Crippen LogP contribution < -0.4 is 5.32 Å². The van der Waals surface area contributed by atoms with E-state index in [2.05, 4.69) is 15.3 Å². The lowest BCUT2D eigenvalue weighted by Crippen LogP contribution is -2.19. The first-order valence-corrected chi connectivity index (χ1v) is 8.87. The number of thiazole rings is 1. The van der Waals surface area contributed by atoms with E-state index in [0.717, 1.165) is 16.6 Å². The van der Waals surface area contributed by atoms with Gasteiger partial charge in [-0.3, -0.25) is 4.79 Å². The van der Waals surface area contributed by atoms with Crippen LogP contribution in [0.25, 0.3) is 22.4 Å². The van der Waals surface area contributed by atoms with Crippen LogP contribution >= 0.6 is 22.9 Å². The van der Waals surface area contributed by atoms with Crippen LogP contribution in [0.4, 0.5) is 5.13 Å². The van der Waals surface area contributed by atoms with Gasteiger partial charge in [0, 0.05) is 17.1 Å². The van der Waals surface area contributed by atoms with Crippen LogP contribution in [0.3, 0.4) is 0 Å². The summed E-state index contributed by atoms with van der Waals surface area (Å²) in [4.78, 5) is 21.2. The van der Waals surface area contributed by atoms with E-state index in [9.17, 15) is 4.79 Å². The minimum Gasteiger partial charge on any atom is -0.314 e. The van der Waals surface area contributed by atoms with Gasteiger partial charge in [-0.2, -0.15) is 0 Å². The molecule has 0 saturated carbocycles. The average molecular weight is 369 g/mol. The second-order valence-corrected chi connectivity index (χ2v) is 6.68. The molecule has 5 nitrogen and oxygen atoms in total. The topological polar surface area (TPSA) is 59.8 Å². The van der Waals surface area contributed by atoms with Crippen molar-refractivity contribution >= 4 is 45.0 Å². The number of amides is 1. The van der Waals surface area contributed by atoms with Crippen molar-refractivity contribution in [2.75, 3.05) is 5.32 Å². The molecule has 0 aliphatic heterocycles. The van der Waals surface area contributed by atoms with Gasteiger partial charge in [0.1, 0.15) is 12.4 Å². The van der Waals surface area contributed by atoms with E-state index in [1.807, 2.05) is 58.5 Å². The number of fused-ring (bicyclic) bond motifs is 1. The van der Waals surface area contributed by atoms with Crippen molar-refractivity contribution < 1.29 is 4.79 Å². The first-order chi connectivity index (χ1) is 12.2. The number of rotatable bonds is 4. The molecule has 4 aromatic rings. The highest BCUT2D eigenvalue weighted by Gasteiger charge is 2.17. The highest BCUT2D eigenvalue weighted by atomic mass is 35.5. The lowest BCUT2D eigenvalue weighted by molar-refractivity contribution is -0.116. The Labute approximate surface area is 152 Å². The van der Waals surface area contributed by atoms with Crippen LogP contribution in [0.1, 0.15) is 0 Å². The number of para-hydroxylation sites is 2. The molecule has 2 heterocycles. The fourth-order valence-electron chi connectivity index (χ4n) is 2.67. The number of hydrogen-bond donors (Lipinski definition) is 1. The van der Waals surface area contributed by atoms with E-state index < -0.39 is 0 Å². The maximum Gasteiger partial charge on any atom is 0.246 e. The molecule has 0 saturated heterocycles. The number of nitrogens with zero attached hydrogens (tertiary/aromatic N) is 3.